The summed E-state index contributed by atoms with van der Waals surface area (Å²) in [5.41, 5.74) is 1.80. The van der Waals surface area contributed by atoms with Gasteiger partial charge in [0.1, 0.15) is 10.7 Å². The monoisotopic (exact) mass is 638 g/mol. The molecule has 6 rings (SSSR count). The van der Waals surface area contributed by atoms with Gasteiger partial charge in [-0.1, -0.05) is 52.6 Å². The number of halogens is 3. The van der Waals surface area contributed by atoms with E-state index >= 15 is 0 Å². The highest BCUT2D eigenvalue weighted by molar-refractivity contribution is 7.21. The highest BCUT2D eigenvalue weighted by atomic mass is 35.5. The second kappa shape index (κ2) is 11.5. The molecule has 40 heavy (non-hydrogen) atoms. The number of rotatable bonds is 7. The SMILES string of the molecule is C/C(=C\c1c(Cl)cc(C(=O)Nc2nc(-c3cc(Cl)cs3)c(N3CC4CCN(C5CCC5)C4C3)s2)cc1Cl)C(O)O. The summed E-state index contributed by atoms with van der Waals surface area (Å²) >= 11 is 22.1. The molecule has 3 aliphatic rings. The summed E-state index contributed by atoms with van der Waals surface area (Å²) in [6.45, 7) is 4.70. The normalized spacial score (nSPS) is 21.8. The molecular formula is C28H29Cl3N4O3S2. The Labute approximate surface area is 256 Å². The summed E-state index contributed by atoms with van der Waals surface area (Å²) in [6, 6.07) is 6.25. The lowest BCUT2D eigenvalue weighted by Gasteiger charge is -2.38. The minimum Gasteiger partial charge on any atom is -0.365 e. The highest BCUT2D eigenvalue weighted by Crippen LogP contribution is 2.46. The average Bonchev–Trinajstić information content (AvgIpc) is 3.64. The zero-order valence-corrected chi connectivity index (χ0v) is 25.6. The van der Waals surface area contributed by atoms with Crippen LogP contribution in [0.3, 0.4) is 0 Å². The number of anilines is 2. The maximum Gasteiger partial charge on any atom is 0.257 e. The number of thiophene rings is 1. The molecule has 1 aliphatic carbocycles. The average molecular weight is 640 g/mol. The van der Waals surface area contributed by atoms with Crippen molar-refractivity contribution in [2.75, 3.05) is 29.9 Å². The van der Waals surface area contributed by atoms with Crippen LogP contribution in [0.2, 0.25) is 15.1 Å². The van der Waals surface area contributed by atoms with Gasteiger partial charge in [-0.25, -0.2) is 4.98 Å². The van der Waals surface area contributed by atoms with Gasteiger partial charge in [0.05, 0.1) is 19.9 Å². The molecule has 12 heteroatoms. The topological polar surface area (TPSA) is 88.9 Å². The Balaban J connectivity index is 1.26. The maximum atomic E-state index is 13.3. The minimum atomic E-state index is -1.63. The lowest BCUT2D eigenvalue weighted by molar-refractivity contribution is -0.00677. The van der Waals surface area contributed by atoms with Gasteiger partial charge in [-0.05, 0) is 68.5 Å². The number of amides is 1. The van der Waals surface area contributed by atoms with Crippen molar-refractivity contribution in [3.05, 3.63) is 55.3 Å². The van der Waals surface area contributed by atoms with Crippen LogP contribution in [0.4, 0.5) is 10.1 Å². The Kier molecular flexibility index (Phi) is 8.20. The van der Waals surface area contributed by atoms with Crippen molar-refractivity contribution >= 4 is 79.6 Å². The number of carbonyl (C=O) groups excluding carboxylic acids is 1. The molecule has 2 saturated heterocycles. The van der Waals surface area contributed by atoms with Crippen LogP contribution in [0.15, 0.2) is 29.2 Å². The summed E-state index contributed by atoms with van der Waals surface area (Å²) in [4.78, 5) is 24.2. The molecule has 3 aromatic rings. The van der Waals surface area contributed by atoms with Crippen molar-refractivity contribution < 1.29 is 15.0 Å². The molecule has 4 heterocycles. The zero-order valence-electron chi connectivity index (χ0n) is 21.7. The molecule has 1 amide bonds. The van der Waals surface area contributed by atoms with Crippen LogP contribution in [0, 0.1) is 5.92 Å². The summed E-state index contributed by atoms with van der Waals surface area (Å²) in [7, 11) is 0. The van der Waals surface area contributed by atoms with Crippen LogP contribution in [0.25, 0.3) is 16.6 Å². The van der Waals surface area contributed by atoms with E-state index in [0.717, 1.165) is 34.7 Å². The van der Waals surface area contributed by atoms with E-state index in [0.29, 0.717) is 27.7 Å². The van der Waals surface area contributed by atoms with Crippen LogP contribution >= 0.6 is 57.5 Å². The largest absolute Gasteiger partial charge is 0.365 e. The van der Waals surface area contributed by atoms with Gasteiger partial charge < -0.3 is 15.1 Å². The molecule has 2 aliphatic heterocycles. The van der Waals surface area contributed by atoms with Crippen LogP contribution < -0.4 is 10.2 Å². The minimum absolute atomic E-state index is 0.228. The van der Waals surface area contributed by atoms with Gasteiger partial charge in [0.15, 0.2) is 11.4 Å². The fourth-order valence-corrected chi connectivity index (χ4v) is 8.55. The molecule has 2 aromatic heterocycles. The number of thiazole rings is 1. The van der Waals surface area contributed by atoms with Crippen molar-refractivity contribution in [1.82, 2.24) is 9.88 Å². The lowest BCUT2D eigenvalue weighted by Crippen LogP contribution is -2.45. The van der Waals surface area contributed by atoms with E-state index < -0.39 is 6.29 Å². The first kappa shape index (κ1) is 28.4. The van der Waals surface area contributed by atoms with E-state index in [2.05, 4.69) is 15.1 Å². The van der Waals surface area contributed by atoms with Crippen molar-refractivity contribution in [1.29, 1.82) is 0 Å². The van der Waals surface area contributed by atoms with E-state index in [-0.39, 0.29) is 27.1 Å². The van der Waals surface area contributed by atoms with Gasteiger partial charge in [-0.15, -0.1) is 11.3 Å². The Morgan fingerprint density at radius 2 is 1.90 bits per heavy atom. The predicted molar refractivity (Wildman–Crippen MR) is 165 cm³/mol. The lowest BCUT2D eigenvalue weighted by atomic mass is 9.90. The first-order chi connectivity index (χ1) is 19.2. The number of likely N-dealkylation sites (tertiary alicyclic amines) is 1. The first-order valence-corrected chi connectivity index (χ1v) is 16.1. The highest BCUT2D eigenvalue weighted by Gasteiger charge is 2.45. The Morgan fingerprint density at radius 1 is 1.15 bits per heavy atom. The molecule has 1 aromatic carbocycles. The first-order valence-electron chi connectivity index (χ1n) is 13.3. The Hall–Kier alpha value is -1.69. The number of aromatic nitrogens is 1. The molecule has 3 fully saturated rings. The number of fused-ring (bicyclic) bond motifs is 1. The van der Waals surface area contributed by atoms with Crippen LogP contribution in [0.5, 0.6) is 0 Å². The molecule has 2 unspecified atom stereocenters. The van der Waals surface area contributed by atoms with E-state index in [4.69, 9.17) is 39.8 Å². The van der Waals surface area contributed by atoms with E-state index in [9.17, 15) is 15.0 Å². The Morgan fingerprint density at radius 3 is 2.52 bits per heavy atom. The molecule has 1 saturated carbocycles. The fourth-order valence-electron chi connectivity index (χ4n) is 5.83. The number of benzene rings is 1. The third-order valence-electron chi connectivity index (χ3n) is 8.17. The van der Waals surface area contributed by atoms with Crippen molar-refractivity contribution in [2.24, 2.45) is 5.92 Å². The predicted octanol–water partition coefficient (Wildman–Crippen LogP) is 6.86. The smallest absolute Gasteiger partial charge is 0.257 e. The van der Waals surface area contributed by atoms with Crippen LogP contribution in [-0.4, -0.2) is 64.0 Å². The van der Waals surface area contributed by atoms with Gasteiger partial charge in [0.2, 0.25) is 0 Å². The van der Waals surface area contributed by atoms with Crippen molar-refractivity contribution in [2.45, 2.75) is 51.0 Å². The summed E-state index contributed by atoms with van der Waals surface area (Å²) in [6.07, 6.45) is 5.05. The number of aliphatic hydroxyl groups is 2. The Bertz CT molecular complexity index is 1450. The van der Waals surface area contributed by atoms with Gasteiger partial charge in [0, 0.05) is 41.7 Å². The van der Waals surface area contributed by atoms with Crippen molar-refractivity contribution in [3.8, 4) is 10.6 Å². The fraction of sp³-hybridized carbons (Fsp3) is 0.429. The summed E-state index contributed by atoms with van der Waals surface area (Å²) in [5, 5.41) is 26.2. The van der Waals surface area contributed by atoms with Gasteiger partial charge in [-0.3, -0.25) is 15.0 Å². The van der Waals surface area contributed by atoms with Crippen LogP contribution in [-0.2, 0) is 0 Å². The summed E-state index contributed by atoms with van der Waals surface area (Å²) < 4.78 is 0. The number of hydrogen-bond donors (Lipinski definition) is 3. The number of aliphatic hydroxyl groups excluding tert-OH is 1. The van der Waals surface area contributed by atoms with Crippen molar-refractivity contribution in [3.63, 3.8) is 0 Å². The van der Waals surface area contributed by atoms with Crippen LogP contribution in [0.1, 0.15) is 48.5 Å². The molecule has 212 valence electrons. The molecule has 2 atom stereocenters. The standard InChI is InChI=1S/C28H29Cl3N4O3S2/c1-14(27(37)38)7-19-20(30)8-16(9-21(19)31)25(36)33-28-32-24(23-10-17(29)13-39-23)26(40-28)34-11-15-5-6-35(22(15)12-34)18-3-2-4-18/h7-10,13,15,18,22,27,37-38H,2-6,11-12H2,1H3,(H,32,33,36)/b14-7+. The third kappa shape index (κ3) is 5.55. The van der Waals surface area contributed by atoms with E-state index in [1.165, 1.54) is 61.8 Å². The van der Waals surface area contributed by atoms with Gasteiger partial charge in [0.25, 0.3) is 5.91 Å². The zero-order chi connectivity index (χ0) is 28.1. The second-order valence-electron chi connectivity index (χ2n) is 10.7. The third-order valence-corrected chi connectivity index (χ3v) is 11.1. The molecule has 0 bridgehead atoms. The van der Waals surface area contributed by atoms with E-state index in [1.54, 1.807) is 18.3 Å². The van der Waals surface area contributed by atoms with Gasteiger partial charge in [-0.2, -0.15) is 0 Å². The number of carbonyl (C=O) groups is 1. The number of nitrogens with one attached hydrogen (secondary N) is 1. The number of hydrogen-bond acceptors (Lipinski definition) is 8. The molecule has 7 nitrogen and oxygen atoms in total. The summed E-state index contributed by atoms with van der Waals surface area (Å²) in [5.74, 6) is 0.261. The van der Waals surface area contributed by atoms with Gasteiger partial charge >= 0.3 is 0 Å². The maximum absolute atomic E-state index is 13.3. The second-order valence-corrected chi connectivity index (χ2v) is 13.9. The molecule has 0 radical (unpaired) electrons. The molecule has 3 N–H and O–H groups in total. The quantitative estimate of drug-likeness (QED) is 0.245. The number of nitrogens with zero attached hydrogens (tertiary/aromatic N) is 3. The molecular weight excluding hydrogens is 611 g/mol. The van der Waals surface area contributed by atoms with E-state index in [1.807, 2.05) is 11.4 Å². The molecule has 0 spiro atoms.